The number of nitrogen functional groups attached to an aromatic ring is 1. The maximum Gasteiger partial charge on any atom is 0.338 e. The van der Waals surface area contributed by atoms with Gasteiger partial charge in [-0.05, 0) is 38.0 Å². The first-order valence-electron chi connectivity index (χ1n) is 8.20. The maximum atomic E-state index is 12.3. The van der Waals surface area contributed by atoms with Gasteiger partial charge in [0, 0.05) is 6.04 Å². The van der Waals surface area contributed by atoms with Crippen molar-refractivity contribution in [3.05, 3.63) is 23.8 Å². The van der Waals surface area contributed by atoms with Crippen molar-refractivity contribution >= 4 is 38.6 Å². The first-order valence-corrected chi connectivity index (χ1v) is 9.02. The van der Waals surface area contributed by atoms with Gasteiger partial charge in [0.05, 0.1) is 15.8 Å². The smallest absolute Gasteiger partial charge is 0.338 e. The molecule has 6 nitrogen and oxygen atoms in total. The number of hydrogen-bond acceptors (Lipinski definition) is 6. The molecule has 1 aliphatic rings. The standard InChI is InChI=1S/C17H21N3O3S/c1-10(15(21)19-12-5-3-2-4-6-12)23-16(22)11-7-8-13-14(9-11)24-17(18)20-13/h7-10,12H,2-6H2,1H3,(H2,18,20)(H,19,21). The Morgan fingerprint density at radius 1 is 1.33 bits per heavy atom. The van der Waals surface area contributed by atoms with Gasteiger partial charge in [-0.3, -0.25) is 4.79 Å². The highest BCUT2D eigenvalue weighted by atomic mass is 32.1. The second-order valence-electron chi connectivity index (χ2n) is 6.13. The second kappa shape index (κ2) is 7.17. The minimum atomic E-state index is -0.818. The van der Waals surface area contributed by atoms with Gasteiger partial charge in [0.25, 0.3) is 5.91 Å². The lowest BCUT2D eigenvalue weighted by Crippen LogP contribution is -2.42. The summed E-state index contributed by atoms with van der Waals surface area (Å²) in [5.41, 5.74) is 6.80. The molecular formula is C17H21N3O3S. The summed E-state index contributed by atoms with van der Waals surface area (Å²) in [5.74, 6) is -0.756. The zero-order valence-electron chi connectivity index (χ0n) is 13.6. The predicted octanol–water partition coefficient (Wildman–Crippen LogP) is 2.87. The van der Waals surface area contributed by atoms with E-state index in [1.54, 1.807) is 25.1 Å². The summed E-state index contributed by atoms with van der Waals surface area (Å²) in [6.07, 6.45) is 4.67. The molecular weight excluding hydrogens is 326 g/mol. The largest absolute Gasteiger partial charge is 0.449 e. The summed E-state index contributed by atoms with van der Waals surface area (Å²) in [5, 5.41) is 3.42. The summed E-state index contributed by atoms with van der Waals surface area (Å²) in [6, 6.07) is 5.25. The van der Waals surface area contributed by atoms with Crippen LogP contribution in [0.1, 0.15) is 49.4 Å². The molecule has 0 saturated heterocycles. The number of fused-ring (bicyclic) bond motifs is 1. The highest BCUT2D eigenvalue weighted by Gasteiger charge is 2.23. The van der Waals surface area contributed by atoms with Crippen LogP contribution in [0, 0.1) is 0 Å². The van der Waals surface area contributed by atoms with Crippen LogP contribution in [0.5, 0.6) is 0 Å². The van der Waals surface area contributed by atoms with Crippen LogP contribution in [0.15, 0.2) is 18.2 Å². The van der Waals surface area contributed by atoms with Gasteiger partial charge >= 0.3 is 5.97 Å². The van der Waals surface area contributed by atoms with Crippen molar-refractivity contribution in [3.8, 4) is 0 Å². The van der Waals surface area contributed by atoms with Gasteiger partial charge in [0.15, 0.2) is 11.2 Å². The van der Waals surface area contributed by atoms with Crippen LogP contribution in [0.2, 0.25) is 0 Å². The Bertz CT molecular complexity index is 753. The Balaban J connectivity index is 1.60. The summed E-state index contributed by atoms with van der Waals surface area (Å²) in [6.45, 7) is 1.60. The van der Waals surface area contributed by atoms with E-state index in [0.717, 1.165) is 35.9 Å². The maximum absolute atomic E-state index is 12.3. The van der Waals surface area contributed by atoms with Gasteiger partial charge in [-0.1, -0.05) is 30.6 Å². The first-order chi connectivity index (χ1) is 11.5. The topological polar surface area (TPSA) is 94.3 Å². The summed E-state index contributed by atoms with van der Waals surface area (Å²) in [4.78, 5) is 28.6. The van der Waals surface area contributed by atoms with Gasteiger partial charge in [-0.2, -0.15) is 0 Å². The number of thiazole rings is 1. The van der Waals surface area contributed by atoms with Crippen molar-refractivity contribution < 1.29 is 14.3 Å². The molecule has 1 aliphatic carbocycles. The van der Waals surface area contributed by atoms with E-state index in [9.17, 15) is 9.59 Å². The van der Waals surface area contributed by atoms with Gasteiger partial charge in [0.2, 0.25) is 0 Å². The van der Waals surface area contributed by atoms with Crippen LogP contribution in [0.4, 0.5) is 5.13 Å². The van der Waals surface area contributed by atoms with Crippen molar-refractivity contribution in [1.29, 1.82) is 0 Å². The Morgan fingerprint density at radius 3 is 2.83 bits per heavy atom. The molecule has 1 heterocycles. The molecule has 0 radical (unpaired) electrons. The fourth-order valence-electron chi connectivity index (χ4n) is 2.92. The Labute approximate surface area is 144 Å². The molecule has 0 aliphatic heterocycles. The van der Waals surface area contributed by atoms with Crippen molar-refractivity contribution in [2.75, 3.05) is 5.73 Å². The van der Waals surface area contributed by atoms with Crippen LogP contribution in [-0.2, 0) is 9.53 Å². The normalized spacial score (nSPS) is 16.7. The van der Waals surface area contributed by atoms with E-state index in [1.807, 2.05) is 0 Å². The average Bonchev–Trinajstić information content (AvgIpc) is 2.94. The Morgan fingerprint density at radius 2 is 2.08 bits per heavy atom. The number of amides is 1. The average molecular weight is 347 g/mol. The van der Waals surface area contributed by atoms with E-state index in [2.05, 4.69) is 10.3 Å². The summed E-state index contributed by atoms with van der Waals surface area (Å²) in [7, 11) is 0. The molecule has 3 rings (SSSR count). The van der Waals surface area contributed by atoms with E-state index in [-0.39, 0.29) is 11.9 Å². The molecule has 1 aromatic heterocycles. The summed E-state index contributed by atoms with van der Waals surface area (Å²) >= 11 is 1.31. The second-order valence-corrected chi connectivity index (χ2v) is 7.19. The lowest BCUT2D eigenvalue weighted by Gasteiger charge is -2.24. The number of nitrogens with one attached hydrogen (secondary N) is 1. The van der Waals surface area contributed by atoms with Gasteiger partial charge in [-0.25, -0.2) is 9.78 Å². The number of aromatic nitrogens is 1. The van der Waals surface area contributed by atoms with Crippen molar-refractivity contribution in [1.82, 2.24) is 10.3 Å². The number of ether oxygens (including phenoxy) is 1. The number of nitrogens with two attached hydrogens (primary N) is 1. The number of carbonyl (C=O) groups excluding carboxylic acids is 2. The molecule has 1 amide bonds. The SMILES string of the molecule is CC(OC(=O)c1ccc2nc(N)sc2c1)C(=O)NC1CCCCC1. The number of nitrogens with zero attached hydrogens (tertiary/aromatic N) is 1. The van der Waals surface area contributed by atoms with Crippen LogP contribution in [0.25, 0.3) is 10.2 Å². The van der Waals surface area contributed by atoms with Gasteiger partial charge in [0.1, 0.15) is 0 Å². The first kappa shape index (κ1) is 16.7. The molecule has 1 saturated carbocycles. The molecule has 0 bridgehead atoms. The minimum Gasteiger partial charge on any atom is -0.449 e. The lowest BCUT2D eigenvalue weighted by molar-refractivity contribution is -0.130. The van der Waals surface area contributed by atoms with Crippen molar-refractivity contribution in [3.63, 3.8) is 0 Å². The number of hydrogen-bond donors (Lipinski definition) is 2. The van der Waals surface area contributed by atoms with E-state index in [4.69, 9.17) is 10.5 Å². The van der Waals surface area contributed by atoms with Crippen molar-refractivity contribution in [2.45, 2.75) is 51.2 Å². The fourth-order valence-corrected chi connectivity index (χ4v) is 3.69. The number of rotatable bonds is 4. The van der Waals surface area contributed by atoms with Crippen LogP contribution in [-0.4, -0.2) is 29.0 Å². The number of benzene rings is 1. The Hall–Kier alpha value is -2.15. The molecule has 7 heteroatoms. The third-order valence-electron chi connectivity index (χ3n) is 4.25. The van der Waals surface area contributed by atoms with Gasteiger partial charge in [-0.15, -0.1) is 0 Å². The predicted molar refractivity (Wildman–Crippen MR) is 93.9 cm³/mol. The van der Waals surface area contributed by atoms with E-state index >= 15 is 0 Å². The Kier molecular flexibility index (Phi) is 4.99. The van der Waals surface area contributed by atoms with Crippen LogP contribution < -0.4 is 11.1 Å². The summed E-state index contributed by atoms with van der Waals surface area (Å²) < 4.78 is 6.12. The fraction of sp³-hybridized carbons (Fsp3) is 0.471. The molecule has 128 valence electrons. The molecule has 1 fully saturated rings. The zero-order valence-corrected chi connectivity index (χ0v) is 14.4. The van der Waals surface area contributed by atoms with E-state index in [0.29, 0.717) is 10.7 Å². The van der Waals surface area contributed by atoms with E-state index in [1.165, 1.54) is 17.8 Å². The molecule has 1 unspecified atom stereocenters. The quantitative estimate of drug-likeness (QED) is 0.829. The molecule has 1 atom stereocenters. The zero-order chi connectivity index (χ0) is 17.1. The molecule has 3 N–H and O–H groups in total. The van der Waals surface area contributed by atoms with Crippen LogP contribution >= 0.6 is 11.3 Å². The minimum absolute atomic E-state index is 0.198. The van der Waals surface area contributed by atoms with Crippen molar-refractivity contribution in [2.24, 2.45) is 0 Å². The number of carbonyl (C=O) groups is 2. The molecule has 0 spiro atoms. The lowest BCUT2D eigenvalue weighted by atomic mass is 9.95. The molecule has 1 aromatic carbocycles. The highest BCUT2D eigenvalue weighted by molar-refractivity contribution is 7.22. The van der Waals surface area contributed by atoms with E-state index < -0.39 is 12.1 Å². The highest BCUT2D eigenvalue weighted by Crippen LogP contribution is 2.25. The molecule has 24 heavy (non-hydrogen) atoms. The molecule has 2 aromatic rings. The third-order valence-corrected chi connectivity index (χ3v) is 5.09. The van der Waals surface area contributed by atoms with Gasteiger partial charge < -0.3 is 15.8 Å². The third kappa shape index (κ3) is 3.84. The number of esters is 1. The number of anilines is 1. The van der Waals surface area contributed by atoms with Crippen LogP contribution in [0.3, 0.4) is 0 Å². The monoisotopic (exact) mass is 347 g/mol.